The Balaban J connectivity index is 0.000000183. The number of nitrogens with two attached hydrogens (primary N) is 4. The number of imidazole rings is 4. The predicted octanol–water partition coefficient (Wildman–Crippen LogP) is 13.0. The lowest BCUT2D eigenvalue weighted by Crippen LogP contribution is -2.49. The molecule has 0 aliphatic rings. The van der Waals surface area contributed by atoms with Crippen molar-refractivity contribution < 1.29 is 95.2 Å². The number of pyridine rings is 4. The minimum absolute atomic E-state index is 0.0588. The highest BCUT2D eigenvalue weighted by atomic mass is 19.2. The third kappa shape index (κ3) is 22.6. The molecule has 12 aromatic rings. The van der Waals surface area contributed by atoms with Crippen molar-refractivity contribution in [1.82, 2.24) is 58.8 Å². The van der Waals surface area contributed by atoms with Crippen molar-refractivity contribution in [3.05, 3.63) is 258 Å². The molecule has 0 spiro atoms. The van der Waals surface area contributed by atoms with Gasteiger partial charge in [-0.2, -0.15) is 0 Å². The number of hydrogen-bond acceptors (Lipinski definition) is 16. The van der Waals surface area contributed by atoms with E-state index in [0.29, 0.717) is 51.3 Å². The Morgan fingerprint density at radius 3 is 0.744 bits per heavy atom. The van der Waals surface area contributed by atoms with Crippen LogP contribution in [0.1, 0.15) is 137 Å². The highest BCUT2D eigenvalue weighted by molar-refractivity contribution is 5.97. The van der Waals surface area contributed by atoms with E-state index in [1.165, 1.54) is 63.5 Å². The fraction of sp³-hybridized carbons (Fsp3) is 0.333. The normalized spacial score (nSPS) is 13.3. The Hall–Kier alpha value is -12.4. The molecule has 4 unspecified atom stereocenters. The molecule has 4 atom stereocenters. The smallest absolute Gasteiger partial charge is 0.270 e. The van der Waals surface area contributed by atoms with Gasteiger partial charge in [-0.1, -0.05) is 18.2 Å². The van der Waals surface area contributed by atoms with Gasteiger partial charge >= 0.3 is 0 Å². The van der Waals surface area contributed by atoms with Crippen LogP contribution in [0.3, 0.4) is 0 Å². The molecule has 0 aliphatic carbocycles. The van der Waals surface area contributed by atoms with E-state index >= 15 is 0 Å². The van der Waals surface area contributed by atoms with Gasteiger partial charge in [0.25, 0.3) is 23.6 Å². The van der Waals surface area contributed by atoms with Crippen molar-refractivity contribution in [1.29, 1.82) is 0 Å². The maximum atomic E-state index is 13.9. The average Bonchev–Trinajstić information content (AvgIpc) is 1.64. The van der Waals surface area contributed by atoms with Gasteiger partial charge in [0.2, 0.25) is 0 Å². The van der Waals surface area contributed by atoms with Crippen LogP contribution in [-0.4, -0.2) is 136 Å². The number of rotatable bonds is 28. The van der Waals surface area contributed by atoms with Crippen LogP contribution in [0.5, 0.6) is 23.0 Å². The summed E-state index contributed by atoms with van der Waals surface area (Å²) < 4.78 is 205. The fourth-order valence-corrected chi connectivity index (χ4v) is 11.9. The Labute approximate surface area is 686 Å². The molecule has 4 amide bonds. The number of carbonyl (C=O) groups excluding carboxylic acids is 4. The average molecular weight is 1700 g/mol. The Kier molecular flexibility index (Phi) is 29.7. The largest absolute Gasteiger partial charge is 0.485 e. The molecule has 4 aromatic carbocycles. The first kappa shape index (κ1) is 92.5. The molecule has 0 fully saturated rings. The van der Waals surface area contributed by atoms with Crippen molar-refractivity contribution in [2.45, 2.75) is 132 Å². The van der Waals surface area contributed by atoms with Crippen molar-refractivity contribution in [2.24, 2.45) is 22.9 Å². The van der Waals surface area contributed by atoms with Crippen LogP contribution < -0.4 is 63.1 Å². The summed E-state index contributed by atoms with van der Waals surface area (Å²) in [6, 6.07) is 18.8. The second kappa shape index (κ2) is 38.8. The molecule has 12 rings (SSSR count). The lowest BCUT2D eigenvalue weighted by Gasteiger charge is -2.20. The molecule has 8 aromatic heterocycles. The standard InChI is InChI=1S/C21H22F4N4O2.3C21H23F3N4O2/c1-11-6-16(31-8-13-14(23)4-5-15(24)17(13)25)19-28-12(2)18(29(19)7-11)20(30)27-10-21(3,26)9-22;3*1-12-7-17(30-9-14-15(23)5-4-6-16(14)24)19-27-13(2)18(28(19)8-12)20(29)26-11-21(3,25)10-22/h4-7H,8-10,26H2,1-3H3,(H,27,30);3*4-8H,9-11,25H2,1-3H3,(H,26,29). The summed E-state index contributed by atoms with van der Waals surface area (Å²) in [5.74, 6) is -8.71. The predicted molar refractivity (Wildman–Crippen MR) is 425 cm³/mol. The number of ether oxygens (including phenoxy) is 4. The van der Waals surface area contributed by atoms with Gasteiger partial charge in [-0.15, -0.1) is 0 Å². The van der Waals surface area contributed by atoms with E-state index in [1.807, 2.05) is 0 Å². The third-order valence-electron chi connectivity index (χ3n) is 18.5. The van der Waals surface area contributed by atoms with Crippen molar-refractivity contribution in [3.63, 3.8) is 0 Å². The molecule has 0 radical (unpaired) electrons. The summed E-state index contributed by atoms with van der Waals surface area (Å²) in [5, 5.41) is 10.4. The maximum absolute atomic E-state index is 13.9. The van der Waals surface area contributed by atoms with Gasteiger partial charge in [-0.3, -0.25) is 36.8 Å². The van der Waals surface area contributed by atoms with Gasteiger partial charge in [0.1, 0.15) is 117 Å². The SMILES string of the molecule is Cc1cc(OCc2c(F)ccc(F)c2F)c2nc(C)c(C(=O)NCC(C)(N)CF)n2c1.Cc1cc(OCc2c(F)cccc2F)c2nc(C)c(C(=O)NCC(C)(N)CF)n2c1.Cc1cc(OCc2c(F)cccc2F)c2nc(C)c(C(=O)NCC(C)(N)CF)n2c1.Cc1cc(OCc2c(F)cccc2F)c2nc(C)c(C(=O)NCC(C)(N)CF)n2c1. The van der Waals surface area contributed by atoms with Crippen LogP contribution in [0.15, 0.2) is 116 Å². The number of nitrogens with one attached hydrogen (secondary N) is 4. The van der Waals surface area contributed by atoms with Gasteiger partial charge in [0.05, 0.1) is 67.2 Å². The zero-order valence-corrected chi connectivity index (χ0v) is 68.0. The molecule has 0 saturated carbocycles. The number of nitrogens with zero attached hydrogens (tertiary/aromatic N) is 8. The maximum Gasteiger partial charge on any atom is 0.270 e. The first-order valence-electron chi connectivity index (χ1n) is 37.3. The Morgan fingerprint density at radius 2 is 0.529 bits per heavy atom. The summed E-state index contributed by atoms with van der Waals surface area (Å²) in [4.78, 5) is 68.3. The number of alkyl halides is 4. The molecular weight excluding hydrogens is 1610 g/mol. The van der Waals surface area contributed by atoms with Crippen LogP contribution in [0.4, 0.5) is 57.1 Å². The molecular formula is C84H91F13N16O8. The molecule has 121 heavy (non-hydrogen) atoms. The summed E-state index contributed by atoms with van der Waals surface area (Å²) in [6.07, 6.45) is 6.71. The van der Waals surface area contributed by atoms with E-state index in [-0.39, 0.29) is 114 Å². The van der Waals surface area contributed by atoms with Gasteiger partial charge in [0.15, 0.2) is 57.2 Å². The number of carbonyl (C=O) groups is 4. The molecule has 0 aliphatic heterocycles. The second-order valence-corrected chi connectivity index (χ2v) is 30.4. The molecule has 24 nitrogen and oxygen atoms in total. The minimum Gasteiger partial charge on any atom is -0.485 e. The highest BCUT2D eigenvalue weighted by Gasteiger charge is 2.30. The van der Waals surface area contributed by atoms with Crippen molar-refractivity contribution in [3.8, 4) is 23.0 Å². The third-order valence-corrected chi connectivity index (χ3v) is 18.5. The number of aromatic nitrogens is 8. The van der Waals surface area contributed by atoms with Gasteiger partial charge in [-0.05, 0) is 178 Å². The lowest BCUT2D eigenvalue weighted by atomic mass is 10.1. The summed E-state index contributed by atoms with van der Waals surface area (Å²) >= 11 is 0. The van der Waals surface area contributed by atoms with Crippen LogP contribution in [-0.2, 0) is 26.4 Å². The number of amides is 4. The number of halogens is 13. The number of hydrogen-bond donors (Lipinski definition) is 8. The number of aryl methyl sites for hydroxylation is 8. The lowest BCUT2D eigenvalue weighted by molar-refractivity contribution is 0.0927. The number of benzene rings is 4. The van der Waals surface area contributed by atoms with Crippen LogP contribution in [0.25, 0.3) is 22.6 Å². The molecule has 0 saturated heterocycles. The van der Waals surface area contributed by atoms with E-state index in [1.54, 1.807) is 104 Å². The zero-order chi connectivity index (χ0) is 89.1. The zero-order valence-electron chi connectivity index (χ0n) is 68.0. The van der Waals surface area contributed by atoms with E-state index in [2.05, 4.69) is 41.2 Å². The topological polar surface area (TPSA) is 327 Å². The van der Waals surface area contributed by atoms with Crippen LogP contribution in [0.2, 0.25) is 0 Å². The first-order valence-corrected chi connectivity index (χ1v) is 37.3. The molecule has 12 N–H and O–H groups in total. The fourth-order valence-electron chi connectivity index (χ4n) is 11.9. The summed E-state index contributed by atoms with van der Waals surface area (Å²) in [5.41, 5.74) is 23.6. The van der Waals surface area contributed by atoms with Crippen molar-refractivity contribution in [2.75, 3.05) is 52.9 Å². The Morgan fingerprint density at radius 1 is 0.331 bits per heavy atom. The van der Waals surface area contributed by atoms with Crippen LogP contribution >= 0.6 is 0 Å². The van der Waals surface area contributed by atoms with E-state index < -0.39 is 137 Å². The highest BCUT2D eigenvalue weighted by Crippen LogP contribution is 2.32. The summed E-state index contributed by atoms with van der Waals surface area (Å²) in [6.45, 7) is 14.5. The number of fused-ring (bicyclic) bond motifs is 4. The minimum atomic E-state index is -1.33. The molecule has 37 heteroatoms. The van der Waals surface area contributed by atoms with Crippen LogP contribution in [0, 0.1) is 108 Å². The van der Waals surface area contributed by atoms with Gasteiger partial charge in [-0.25, -0.2) is 77.0 Å². The van der Waals surface area contributed by atoms with E-state index in [9.17, 15) is 76.3 Å². The second-order valence-electron chi connectivity index (χ2n) is 30.4. The Bertz CT molecular complexity index is 5360. The quantitative estimate of drug-likeness (QED) is 0.0167. The van der Waals surface area contributed by atoms with Gasteiger partial charge in [0, 0.05) is 51.0 Å². The monoisotopic (exact) mass is 1700 g/mol. The van der Waals surface area contributed by atoms with E-state index in [0.717, 1.165) is 59.2 Å². The van der Waals surface area contributed by atoms with E-state index in [4.69, 9.17) is 41.9 Å². The first-order chi connectivity index (χ1) is 56.9. The van der Waals surface area contributed by atoms with Crippen molar-refractivity contribution >= 4 is 46.2 Å². The molecule has 0 bridgehead atoms. The van der Waals surface area contributed by atoms with Gasteiger partial charge < -0.3 is 63.1 Å². The molecule has 646 valence electrons. The summed E-state index contributed by atoms with van der Waals surface area (Å²) in [7, 11) is 0. The molecule has 8 heterocycles.